The Kier molecular flexibility index (Phi) is 5.88. The van der Waals surface area contributed by atoms with Gasteiger partial charge in [-0.3, -0.25) is 0 Å². The van der Waals surface area contributed by atoms with Crippen molar-refractivity contribution in [3.05, 3.63) is 16.5 Å². The molecule has 0 saturated heterocycles. The molecule has 1 aliphatic rings. The molecular formula is C14H22BrNO4S. The third kappa shape index (κ3) is 4.31. The summed E-state index contributed by atoms with van der Waals surface area (Å²) in [7, 11) is -3.61. The molecule has 1 fully saturated rings. The van der Waals surface area contributed by atoms with E-state index in [4.69, 9.17) is 9.52 Å². The van der Waals surface area contributed by atoms with Crippen LogP contribution in [0.2, 0.25) is 0 Å². The van der Waals surface area contributed by atoms with Crippen LogP contribution in [-0.2, 0) is 16.6 Å². The van der Waals surface area contributed by atoms with Crippen molar-refractivity contribution in [1.29, 1.82) is 0 Å². The lowest BCUT2D eigenvalue weighted by Crippen LogP contribution is -2.37. The number of halogens is 1. The molecule has 2 rings (SSSR count). The van der Waals surface area contributed by atoms with Gasteiger partial charge in [-0.1, -0.05) is 19.8 Å². The Morgan fingerprint density at radius 2 is 2.05 bits per heavy atom. The Labute approximate surface area is 134 Å². The summed E-state index contributed by atoms with van der Waals surface area (Å²) in [5.41, 5.74) is 0. The number of aliphatic hydroxyl groups is 1. The maximum absolute atomic E-state index is 12.4. The second-order valence-corrected chi connectivity index (χ2v) is 8.04. The monoisotopic (exact) mass is 379 g/mol. The summed E-state index contributed by atoms with van der Waals surface area (Å²) >= 11 is 3.09. The molecule has 1 saturated carbocycles. The molecule has 0 amide bonds. The van der Waals surface area contributed by atoms with Gasteiger partial charge >= 0.3 is 0 Å². The zero-order chi connectivity index (χ0) is 15.5. The van der Waals surface area contributed by atoms with Gasteiger partial charge in [0.25, 0.3) is 0 Å². The van der Waals surface area contributed by atoms with Crippen LogP contribution in [0.5, 0.6) is 0 Å². The zero-order valence-electron chi connectivity index (χ0n) is 12.1. The molecule has 5 nitrogen and oxygen atoms in total. The van der Waals surface area contributed by atoms with Gasteiger partial charge in [-0.25, -0.2) is 13.1 Å². The lowest BCUT2D eigenvalue weighted by Gasteiger charge is -2.28. The second-order valence-electron chi connectivity index (χ2n) is 5.64. The van der Waals surface area contributed by atoms with Crippen molar-refractivity contribution in [2.45, 2.75) is 63.0 Å². The fraction of sp³-hybridized carbons (Fsp3) is 0.714. The van der Waals surface area contributed by atoms with Crippen LogP contribution in [0.4, 0.5) is 0 Å². The summed E-state index contributed by atoms with van der Waals surface area (Å²) in [4.78, 5) is 0.0576. The molecule has 0 unspecified atom stereocenters. The summed E-state index contributed by atoms with van der Waals surface area (Å²) in [5.74, 6) is 0.964. The Bertz CT molecular complexity index is 562. The van der Waals surface area contributed by atoms with E-state index in [1.807, 2.05) is 0 Å². The number of hydrogen-bond donors (Lipinski definition) is 2. The average Bonchev–Trinajstić information content (AvgIpc) is 2.83. The standard InChI is InChI=1S/C14H22BrNO4S/c1-2-3-10-4-6-11(7-5-10)16-21(18,19)13-8-12(9-17)20-14(13)15/h8,10-11,16-17H,2-7,9H2,1H3. The van der Waals surface area contributed by atoms with Crippen molar-refractivity contribution in [1.82, 2.24) is 4.72 Å². The molecule has 1 aromatic heterocycles. The first-order valence-electron chi connectivity index (χ1n) is 7.37. The van der Waals surface area contributed by atoms with Crippen LogP contribution in [-0.4, -0.2) is 19.6 Å². The highest BCUT2D eigenvalue weighted by molar-refractivity contribution is 9.10. The Hall–Kier alpha value is -0.370. The van der Waals surface area contributed by atoms with E-state index >= 15 is 0 Å². The van der Waals surface area contributed by atoms with Crippen LogP contribution in [0, 0.1) is 5.92 Å². The summed E-state index contributed by atoms with van der Waals surface area (Å²) in [6.07, 6.45) is 6.34. The van der Waals surface area contributed by atoms with Gasteiger partial charge in [0, 0.05) is 12.1 Å². The molecule has 1 heterocycles. The van der Waals surface area contributed by atoms with Crippen LogP contribution < -0.4 is 4.72 Å². The maximum Gasteiger partial charge on any atom is 0.245 e. The summed E-state index contributed by atoms with van der Waals surface area (Å²) in [6.45, 7) is 1.86. The minimum Gasteiger partial charge on any atom is -0.450 e. The quantitative estimate of drug-likeness (QED) is 0.795. The molecule has 1 aromatic rings. The predicted molar refractivity (Wildman–Crippen MR) is 83.3 cm³/mol. The summed E-state index contributed by atoms with van der Waals surface area (Å²) < 4.78 is 32.8. The molecule has 120 valence electrons. The van der Waals surface area contributed by atoms with E-state index in [0.717, 1.165) is 31.6 Å². The largest absolute Gasteiger partial charge is 0.450 e. The number of nitrogens with one attached hydrogen (secondary N) is 1. The minimum absolute atomic E-state index is 0.0116. The molecule has 0 spiro atoms. The Morgan fingerprint density at radius 3 is 2.57 bits per heavy atom. The molecule has 1 aliphatic carbocycles. The highest BCUT2D eigenvalue weighted by atomic mass is 79.9. The van der Waals surface area contributed by atoms with Crippen molar-refractivity contribution < 1.29 is 17.9 Å². The molecule has 2 N–H and O–H groups in total. The van der Waals surface area contributed by atoms with Crippen molar-refractivity contribution in [3.63, 3.8) is 0 Å². The SMILES string of the molecule is CCCC1CCC(NS(=O)(=O)c2cc(CO)oc2Br)CC1. The second kappa shape index (κ2) is 7.26. The van der Waals surface area contributed by atoms with E-state index < -0.39 is 10.0 Å². The Morgan fingerprint density at radius 1 is 1.38 bits per heavy atom. The first-order chi connectivity index (χ1) is 9.96. The average molecular weight is 380 g/mol. The van der Waals surface area contributed by atoms with Crippen LogP contribution in [0.1, 0.15) is 51.2 Å². The van der Waals surface area contributed by atoms with E-state index in [-0.39, 0.29) is 28.0 Å². The molecule has 0 aliphatic heterocycles. The Balaban J connectivity index is 2.00. The fourth-order valence-electron chi connectivity index (χ4n) is 2.92. The van der Waals surface area contributed by atoms with Gasteiger partial charge in [0.1, 0.15) is 17.3 Å². The summed E-state index contributed by atoms with van der Waals surface area (Å²) in [6, 6.07) is 1.34. The molecule has 21 heavy (non-hydrogen) atoms. The van der Waals surface area contributed by atoms with Crippen molar-refractivity contribution in [2.75, 3.05) is 0 Å². The van der Waals surface area contributed by atoms with Gasteiger partial charge in [0.2, 0.25) is 10.0 Å². The first-order valence-corrected chi connectivity index (χ1v) is 9.65. The molecule has 0 aromatic carbocycles. The third-order valence-electron chi connectivity index (χ3n) is 4.02. The predicted octanol–water partition coefficient (Wildman–Crippen LogP) is 3.17. The normalized spacial score (nSPS) is 23.4. The van der Waals surface area contributed by atoms with Crippen molar-refractivity contribution in [2.24, 2.45) is 5.92 Å². The lowest BCUT2D eigenvalue weighted by atomic mass is 9.84. The highest BCUT2D eigenvalue weighted by Crippen LogP contribution is 2.30. The number of aliphatic hydroxyl groups excluding tert-OH is 1. The van der Waals surface area contributed by atoms with Gasteiger partial charge < -0.3 is 9.52 Å². The third-order valence-corrected chi connectivity index (χ3v) is 6.39. The molecule has 0 radical (unpaired) electrons. The van der Waals surface area contributed by atoms with E-state index in [2.05, 4.69) is 27.6 Å². The molecule has 0 bridgehead atoms. The van der Waals surface area contributed by atoms with E-state index in [9.17, 15) is 8.42 Å². The number of sulfonamides is 1. The summed E-state index contributed by atoms with van der Waals surface area (Å²) in [5, 5.41) is 9.01. The first kappa shape index (κ1) is 17.0. The number of rotatable bonds is 6. The maximum atomic E-state index is 12.4. The van der Waals surface area contributed by atoms with Crippen LogP contribution >= 0.6 is 15.9 Å². The van der Waals surface area contributed by atoms with Crippen LogP contribution in [0.3, 0.4) is 0 Å². The molecular weight excluding hydrogens is 358 g/mol. The fourth-order valence-corrected chi connectivity index (χ4v) is 5.22. The van der Waals surface area contributed by atoms with Crippen LogP contribution in [0.15, 0.2) is 20.0 Å². The van der Waals surface area contributed by atoms with Crippen molar-refractivity contribution >= 4 is 26.0 Å². The minimum atomic E-state index is -3.61. The topological polar surface area (TPSA) is 79.5 Å². The number of furan rings is 1. The lowest BCUT2D eigenvalue weighted by molar-refractivity contribution is 0.245. The highest BCUT2D eigenvalue weighted by Gasteiger charge is 2.28. The van der Waals surface area contributed by atoms with Gasteiger partial charge in [-0.15, -0.1) is 0 Å². The van der Waals surface area contributed by atoms with Crippen molar-refractivity contribution in [3.8, 4) is 0 Å². The smallest absolute Gasteiger partial charge is 0.245 e. The zero-order valence-corrected chi connectivity index (χ0v) is 14.5. The van der Waals surface area contributed by atoms with Crippen LogP contribution in [0.25, 0.3) is 0 Å². The van der Waals surface area contributed by atoms with Gasteiger partial charge in [-0.05, 0) is 47.5 Å². The van der Waals surface area contributed by atoms with Gasteiger partial charge in [-0.2, -0.15) is 0 Å². The van der Waals surface area contributed by atoms with Gasteiger partial charge in [0.05, 0.1) is 0 Å². The van der Waals surface area contributed by atoms with Gasteiger partial charge in [0.15, 0.2) is 4.67 Å². The molecule has 0 atom stereocenters. The van der Waals surface area contributed by atoms with E-state index in [1.54, 1.807) is 0 Å². The number of hydrogen-bond acceptors (Lipinski definition) is 4. The van der Waals surface area contributed by atoms with E-state index in [0.29, 0.717) is 0 Å². The molecule has 7 heteroatoms. The van der Waals surface area contributed by atoms with E-state index in [1.165, 1.54) is 18.9 Å².